The average molecular weight is 206 g/mol. The van der Waals surface area contributed by atoms with Gasteiger partial charge in [-0.1, -0.05) is 11.8 Å². The normalized spacial score (nSPS) is 8.64. The van der Waals surface area contributed by atoms with Crippen LogP contribution in [0.1, 0.15) is 5.56 Å². The smallest absolute Gasteiger partial charge is 0.168 e. The van der Waals surface area contributed by atoms with Crippen LogP contribution in [0.4, 0.5) is 5.69 Å². The second-order valence-electron chi connectivity index (χ2n) is 2.53. The summed E-state index contributed by atoms with van der Waals surface area (Å²) in [6.07, 6.45) is 0. The maximum atomic E-state index is 8.48. The highest BCUT2D eigenvalue weighted by Crippen LogP contribution is 2.07. The van der Waals surface area contributed by atoms with Gasteiger partial charge < -0.3 is 16.2 Å². The molecule has 0 aliphatic carbocycles. The third-order valence-electron chi connectivity index (χ3n) is 1.46. The first-order valence-corrected chi connectivity index (χ1v) is 4.39. The Labute approximate surface area is 87.9 Å². The number of hydrogen-bond donors (Lipinski definition) is 3. The summed E-state index contributed by atoms with van der Waals surface area (Å²) in [5.74, 6) is 5.34. The van der Waals surface area contributed by atoms with E-state index in [4.69, 9.17) is 10.8 Å². The van der Waals surface area contributed by atoms with Gasteiger partial charge in [0.1, 0.15) is 6.61 Å². The van der Waals surface area contributed by atoms with Crippen LogP contribution in [0.3, 0.4) is 0 Å². The molecule has 72 valence electrons. The van der Waals surface area contributed by atoms with Crippen LogP contribution in [-0.2, 0) is 0 Å². The van der Waals surface area contributed by atoms with Gasteiger partial charge in [-0.15, -0.1) is 0 Å². The van der Waals surface area contributed by atoms with Crippen molar-refractivity contribution >= 4 is 23.0 Å². The minimum Gasteiger partial charge on any atom is -0.384 e. The summed E-state index contributed by atoms with van der Waals surface area (Å²) in [7, 11) is 0. The van der Waals surface area contributed by atoms with Gasteiger partial charge in [-0.05, 0) is 36.5 Å². The standard InChI is InChI=1S/C10H10N2OS/c11-10(14)12-9-5-3-8(4-6-9)2-1-7-13/h3-6,13H,7H2,(H3,11,12,14). The zero-order valence-electron chi connectivity index (χ0n) is 7.45. The molecule has 0 aliphatic rings. The monoisotopic (exact) mass is 206 g/mol. The molecule has 0 aliphatic heterocycles. The molecule has 4 heteroatoms. The third-order valence-corrected chi connectivity index (χ3v) is 1.57. The Morgan fingerprint density at radius 2 is 2.07 bits per heavy atom. The van der Waals surface area contributed by atoms with Crippen molar-refractivity contribution in [2.24, 2.45) is 5.73 Å². The number of aliphatic hydroxyl groups excluding tert-OH is 1. The van der Waals surface area contributed by atoms with Gasteiger partial charge >= 0.3 is 0 Å². The van der Waals surface area contributed by atoms with Crippen LogP contribution in [0.25, 0.3) is 0 Å². The SMILES string of the molecule is NC(=S)Nc1ccc(C#CCO)cc1. The fourth-order valence-corrected chi connectivity index (χ4v) is 1.04. The summed E-state index contributed by atoms with van der Waals surface area (Å²) in [6.45, 7) is -0.132. The van der Waals surface area contributed by atoms with E-state index in [9.17, 15) is 0 Å². The summed E-state index contributed by atoms with van der Waals surface area (Å²) in [6, 6.07) is 7.29. The summed E-state index contributed by atoms with van der Waals surface area (Å²) in [4.78, 5) is 0. The lowest BCUT2D eigenvalue weighted by Crippen LogP contribution is -2.18. The van der Waals surface area contributed by atoms with Crippen LogP contribution in [0, 0.1) is 11.8 Å². The Hall–Kier alpha value is -1.57. The number of rotatable bonds is 1. The van der Waals surface area contributed by atoms with Crippen molar-refractivity contribution in [2.45, 2.75) is 0 Å². The Morgan fingerprint density at radius 1 is 1.43 bits per heavy atom. The second-order valence-corrected chi connectivity index (χ2v) is 2.97. The molecule has 0 radical (unpaired) electrons. The van der Waals surface area contributed by atoms with Crippen LogP contribution in [0.2, 0.25) is 0 Å². The fraction of sp³-hybridized carbons (Fsp3) is 0.100. The molecule has 0 fully saturated rings. The molecule has 0 saturated heterocycles. The first-order chi connectivity index (χ1) is 6.72. The number of hydrogen-bond acceptors (Lipinski definition) is 2. The lowest BCUT2D eigenvalue weighted by atomic mass is 10.2. The van der Waals surface area contributed by atoms with Crippen molar-refractivity contribution in [2.75, 3.05) is 11.9 Å². The van der Waals surface area contributed by atoms with Crippen LogP contribution >= 0.6 is 12.2 Å². The summed E-state index contributed by atoms with van der Waals surface area (Å²) < 4.78 is 0. The lowest BCUT2D eigenvalue weighted by molar-refractivity contribution is 0.350. The van der Waals surface area contributed by atoms with Gasteiger partial charge in [-0.25, -0.2) is 0 Å². The van der Waals surface area contributed by atoms with Gasteiger partial charge in [0.15, 0.2) is 5.11 Å². The van der Waals surface area contributed by atoms with E-state index in [1.165, 1.54) is 0 Å². The van der Waals surface area contributed by atoms with Crippen LogP contribution in [0.15, 0.2) is 24.3 Å². The van der Waals surface area contributed by atoms with Crippen molar-refractivity contribution in [3.63, 3.8) is 0 Å². The van der Waals surface area contributed by atoms with Crippen molar-refractivity contribution in [1.29, 1.82) is 0 Å². The first kappa shape index (κ1) is 10.5. The molecule has 0 amide bonds. The molecule has 0 heterocycles. The molecule has 0 atom stereocenters. The zero-order valence-corrected chi connectivity index (χ0v) is 8.27. The van der Waals surface area contributed by atoms with E-state index in [1.807, 2.05) is 24.3 Å². The Kier molecular flexibility index (Phi) is 3.92. The highest BCUT2D eigenvalue weighted by molar-refractivity contribution is 7.80. The van der Waals surface area contributed by atoms with Gasteiger partial charge in [0, 0.05) is 11.3 Å². The minimum absolute atomic E-state index is 0.132. The molecular weight excluding hydrogens is 196 g/mol. The highest BCUT2D eigenvalue weighted by atomic mass is 32.1. The topological polar surface area (TPSA) is 58.3 Å². The molecule has 0 aromatic heterocycles. The first-order valence-electron chi connectivity index (χ1n) is 3.98. The van der Waals surface area contributed by atoms with Gasteiger partial charge in [-0.2, -0.15) is 0 Å². The average Bonchev–Trinajstić information content (AvgIpc) is 2.16. The van der Waals surface area contributed by atoms with Crippen LogP contribution in [0.5, 0.6) is 0 Å². The van der Waals surface area contributed by atoms with E-state index in [-0.39, 0.29) is 11.7 Å². The molecule has 1 aromatic carbocycles. The molecule has 1 rings (SSSR count). The van der Waals surface area contributed by atoms with Gasteiger partial charge in [-0.3, -0.25) is 0 Å². The molecule has 0 unspecified atom stereocenters. The van der Waals surface area contributed by atoms with E-state index in [2.05, 4.69) is 29.4 Å². The predicted octanol–water partition coefficient (Wildman–Crippen LogP) is 0.686. The van der Waals surface area contributed by atoms with E-state index in [0.29, 0.717) is 0 Å². The summed E-state index contributed by atoms with van der Waals surface area (Å²) in [5.41, 5.74) is 6.97. The molecule has 14 heavy (non-hydrogen) atoms. The fourth-order valence-electron chi connectivity index (χ4n) is 0.921. The van der Waals surface area contributed by atoms with Gasteiger partial charge in [0.05, 0.1) is 0 Å². The molecule has 0 spiro atoms. The number of aliphatic hydroxyl groups is 1. The molecule has 0 saturated carbocycles. The predicted molar refractivity (Wildman–Crippen MR) is 60.8 cm³/mol. The van der Waals surface area contributed by atoms with Crippen molar-refractivity contribution < 1.29 is 5.11 Å². The van der Waals surface area contributed by atoms with Crippen LogP contribution in [-0.4, -0.2) is 16.8 Å². The number of nitrogens with one attached hydrogen (secondary N) is 1. The van der Waals surface area contributed by atoms with Crippen LogP contribution < -0.4 is 11.1 Å². The number of nitrogens with two attached hydrogens (primary N) is 1. The second kappa shape index (κ2) is 5.22. The van der Waals surface area contributed by atoms with E-state index in [1.54, 1.807) is 0 Å². The summed E-state index contributed by atoms with van der Waals surface area (Å²) >= 11 is 4.69. The minimum atomic E-state index is -0.132. The lowest BCUT2D eigenvalue weighted by Gasteiger charge is -2.02. The van der Waals surface area contributed by atoms with Crippen molar-refractivity contribution in [3.8, 4) is 11.8 Å². The number of anilines is 1. The molecular formula is C10H10N2OS. The zero-order chi connectivity index (χ0) is 10.4. The van der Waals surface area contributed by atoms with E-state index < -0.39 is 0 Å². The molecule has 0 bridgehead atoms. The Morgan fingerprint density at radius 3 is 2.57 bits per heavy atom. The summed E-state index contributed by atoms with van der Waals surface area (Å²) in [5, 5.41) is 11.5. The van der Waals surface area contributed by atoms with Gasteiger partial charge in [0.2, 0.25) is 0 Å². The van der Waals surface area contributed by atoms with Crippen molar-refractivity contribution in [1.82, 2.24) is 0 Å². The Balaban J connectivity index is 2.73. The van der Waals surface area contributed by atoms with E-state index in [0.717, 1.165) is 11.3 Å². The van der Waals surface area contributed by atoms with Gasteiger partial charge in [0.25, 0.3) is 0 Å². The van der Waals surface area contributed by atoms with Crippen molar-refractivity contribution in [3.05, 3.63) is 29.8 Å². The third kappa shape index (κ3) is 3.44. The number of thiocarbonyl (C=S) groups is 1. The maximum absolute atomic E-state index is 8.48. The number of benzene rings is 1. The molecule has 3 nitrogen and oxygen atoms in total. The molecule has 1 aromatic rings. The maximum Gasteiger partial charge on any atom is 0.168 e. The van der Waals surface area contributed by atoms with E-state index >= 15 is 0 Å². The molecule has 4 N–H and O–H groups in total. The largest absolute Gasteiger partial charge is 0.384 e. The Bertz CT molecular complexity index is 375. The quantitative estimate of drug-likeness (QED) is 0.467. The highest BCUT2D eigenvalue weighted by Gasteiger charge is 1.92.